The fourth-order valence-electron chi connectivity index (χ4n) is 2.79. The highest BCUT2D eigenvalue weighted by Gasteiger charge is 2.43. The van der Waals surface area contributed by atoms with Crippen LogP contribution in [0.1, 0.15) is 19.3 Å². The molecule has 2 rings (SSSR count). The minimum atomic E-state index is -1.05. The summed E-state index contributed by atoms with van der Waals surface area (Å²) in [6, 6.07) is -1.60. The van der Waals surface area contributed by atoms with Gasteiger partial charge in [-0.05, 0) is 19.3 Å². The van der Waals surface area contributed by atoms with Crippen molar-refractivity contribution in [2.75, 3.05) is 6.54 Å². The fourth-order valence-corrected chi connectivity index (χ4v) is 2.79. The second kappa shape index (κ2) is 6.63. The average Bonchev–Trinajstić information content (AvgIpc) is 2.43. The van der Waals surface area contributed by atoms with Gasteiger partial charge in [0.05, 0.1) is 30.4 Å². The smallest absolute Gasteiger partial charge is 0.173 e. The third-order valence-corrected chi connectivity index (χ3v) is 4.16. The van der Waals surface area contributed by atoms with Gasteiger partial charge in [0.25, 0.3) is 0 Å². The lowest BCUT2D eigenvalue weighted by Gasteiger charge is -2.43. The molecule has 8 nitrogen and oxygen atoms in total. The SMILES string of the molecule is NC[C@@H]1CC[C@@H](N)[C@H](O[C@H]2[C@H](O)[C@@H](N)[C@H](O)C[C@@H]2N)O1. The zero-order chi connectivity index (χ0) is 14.9. The van der Waals surface area contributed by atoms with E-state index in [4.69, 9.17) is 32.4 Å². The van der Waals surface area contributed by atoms with E-state index in [0.717, 1.165) is 12.8 Å². The minimum Gasteiger partial charge on any atom is -0.391 e. The average molecular weight is 290 g/mol. The summed E-state index contributed by atoms with van der Waals surface area (Å²) in [6.07, 6.45) is -1.57. The standard InChI is InChI=1S/C12H26N4O4/c13-4-5-1-2-6(14)12(19-5)20-11-7(15)3-8(17)9(16)10(11)18/h5-12,17-18H,1-4,13-16H2/t5-,6+,7-,8+,9-,10+,11+,12-/m0/s1. The molecule has 0 bridgehead atoms. The molecule has 8 atom stereocenters. The normalized spacial score (nSPS) is 50.1. The molecule has 1 saturated carbocycles. The molecule has 1 aliphatic heterocycles. The first-order valence-electron chi connectivity index (χ1n) is 7.08. The number of nitrogens with two attached hydrogens (primary N) is 4. The monoisotopic (exact) mass is 290 g/mol. The van der Waals surface area contributed by atoms with E-state index >= 15 is 0 Å². The van der Waals surface area contributed by atoms with Crippen LogP contribution < -0.4 is 22.9 Å². The Hall–Kier alpha value is -0.320. The molecule has 0 aromatic carbocycles. The van der Waals surface area contributed by atoms with Gasteiger partial charge < -0.3 is 42.6 Å². The summed E-state index contributed by atoms with van der Waals surface area (Å²) < 4.78 is 11.4. The van der Waals surface area contributed by atoms with Gasteiger partial charge in [-0.15, -0.1) is 0 Å². The second-order valence-electron chi connectivity index (χ2n) is 5.74. The van der Waals surface area contributed by atoms with E-state index in [-0.39, 0.29) is 18.6 Å². The van der Waals surface area contributed by atoms with Crippen molar-refractivity contribution >= 4 is 0 Å². The van der Waals surface area contributed by atoms with Gasteiger partial charge in [-0.25, -0.2) is 0 Å². The molecule has 118 valence electrons. The van der Waals surface area contributed by atoms with Gasteiger partial charge in [-0.2, -0.15) is 0 Å². The van der Waals surface area contributed by atoms with Crippen LogP contribution in [0, 0.1) is 0 Å². The van der Waals surface area contributed by atoms with E-state index in [1.807, 2.05) is 0 Å². The summed E-state index contributed by atoms with van der Waals surface area (Å²) >= 11 is 0. The lowest BCUT2D eigenvalue weighted by atomic mass is 9.84. The van der Waals surface area contributed by atoms with Gasteiger partial charge >= 0.3 is 0 Å². The summed E-state index contributed by atoms with van der Waals surface area (Å²) in [5, 5.41) is 19.8. The van der Waals surface area contributed by atoms with Crippen LogP contribution in [0.5, 0.6) is 0 Å². The molecule has 1 saturated heterocycles. The Labute approximate surface area is 118 Å². The Kier molecular flexibility index (Phi) is 5.32. The summed E-state index contributed by atoms with van der Waals surface area (Å²) in [6.45, 7) is 0.393. The van der Waals surface area contributed by atoms with Crippen molar-refractivity contribution < 1.29 is 19.7 Å². The van der Waals surface area contributed by atoms with Gasteiger partial charge in [0.15, 0.2) is 6.29 Å². The summed E-state index contributed by atoms with van der Waals surface area (Å²) in [7, 11) is 0. The topological polar surface area (TPSA) is 163 Å². The van der Waals surface area contributed by atoms with Crippen LogP contribution in [0.15, 0.2) is 0 Å². The molecule has 10 N–H and O–H groups in total. The Bertz CT molecular complexity index is 322. The third-order valence-electron chi connectivity index (χ3n) is 4.16. The molecule has 0 amide bonds. The van der Waals surface area contributed by atoms with Gasteiger partial charge in [-0.1, -0.05) is 0 Å². The van der Waals surface area contributed by atoms with E-state index in [1.165, 1.54) is 0 Å². The Morgan fingerprint density at radius 2 is 1.80 bits per heavy atom. The van der Waals surface area contributed by atoms with Crippen molar-refractivity contribution in [3.05, 3.63) is 0 Å². The molecule has 2 fully saturated rings. The molecule has 0 aromatic rings. The second-order valence-corrected chi connectivity index (χ2v) is 5.74. The van der Waals surface area contributed by atoms with Gasteiger partial charge in [0.1, 0.15) is 6.10 Å². The molecular weight excluding hydrogens is 264 g/mol. The first kappa shape index (κ1) is 16.1. The van der Waals surface area contributed by atoms with E-state index in [9.17, 15) is 10.2 Å². The first-order chi connectivity index (χ1) is 9.43. The Morgan fingerprint density at radius 1 is 1.10 bits per heavy atom. The number of hydrogen-bond acceptors (Lipinski definition) is 8. The van der Waals surface area contributed by atoms with E-state index < -0.39 is 36.7 Å². The number of ether oxygens (including phenoxy) is 2. The zero-order valence-electron chi connectivity index (χ0n) is 11.5. The van der Waals surface area contributed by atoms with Crippen molar-refractivity contribution in [3.8, 4) is 0 Å². The first-order valence-corrected chi connectivity index (χ1v) is 7.08. The molecule has 20 heavy (non-hydrogen) atoms. The van der Waals surface area contributed by atoms with Crippen molar-refractivity contribution in [3.63, 3.8) is 0 Å². The van der Waals surface area contributed by atoms with Crippen molar-refractivity contribution in [1.29, 1.82) is 0 Å². The highest BCUT2D eigenvalue weighted by atomic mass is 16.7. The fraction of sp³-hybridized carbons (Fsp3) is 1.00. The maximum atomic E-state index is 10.1. The molecule has 2 aliphatic rings. The largest absolute Gasteiger partial charge is 0.391 e. The van der Waals surface area contributed by atoms with Gasteiger partial charge in [0.2, 0.25) is 0 Å². The van der Waals surface area contributed by atoms with Crippen molar-refractivity contribution in [2.24, 2.45) is 22.9 Å². The molecule has 0 aromatic heterocycles. The van der Waals surface area contributed by atoms with Crippen LogP contribution in [0.4, 0.5) is 0 Å². The third kappa shape index (κ3) is 3.29. The maximum absolute atomic E-state index is 10.1. The molecular formula is C12H26N4O4. The predicted octanol–water partition coefficient (Wildman–Crippen LogP) is -3.06. The van der Waals surface area contributed by atoms with Crippen LogP contribution >= 0.6 is 0 Å². The van der Waals surface area contributed by atoms with Crippen LogP contribution in [-0.2, 0) is 9.47 Å². The van der Waals surface area contributed by atoms with Crippen molar-refractivity contribution in [2.45, 2.75) is 68.1 Å². The zero-order valence-corrected chi connectivity index (χ0v) is 11.5. The molecule has 8 heteroatoms. The highest BCUT2D eigenvalue weighted by Crippen LogP contribution is 2.26. The van der Waals surface area contributed by atoms with Crippen molar-refractivity contribution in [1.82, 2.24) is 0 Å². The van der Waals surface area contributed by atoms with Crippen LogP contribution in [0.25, 0.3) is 0 Å². The molecule has 0 unspecified atom stereocenters. The quantitative estimate of drug-likeness (QED) is 0.319. The maximum Gasteiger partial charge on any atom is 0.173 e. The van der Waals surface area contributed by atoms with E-state index in [1.54, 1.807) is 0 Å². The van der Waals surface area contributed by atoms with E-state index in [2.05, 4.69) is 0 Å². The van der Waals surface area contributed by atoms with Gasteiger partial charge in [-0.3, -0.25) is 0 Å². The summed E-state index contributed by atoms with van der Waals surface area (Å²) in [5.74, 6) is 0. The number of aliphatic hydroxyl groups is 2. The predicted molar refractivity (Wildman–Crippen MR) is 72.4 cm³/mol. The van der Waals surface area contributed by atoms with Crippen LogP contribution in [-0.4, -0.2) is 65.6 Å². The Balaban J connectivity index is 2.00. The summed E-state index contributed by atoms with van der Waals surface area (Å²) in [4.78, 5) is 0. The number of rotatable bonds is 3. The number of hydrogen-bond donors (Lipinski definition) is 6. The lowest BCUT2D eigenvalue weighted by molar-refractivity contribution is -0.247. The molecule has 1 aliphatic carbocycles. The number of aliphatic hydroxyl groups excluding tert-OH is 2. The lowest BCUT2D eigenvalue weighted by Crippen LogP contribution is -2.64. The van der Waals surface area contributed by atoms with Crippen LogP contribution in [0.2, 0.25) is 0 Å². The minimum absolute atomic E-state index is 0.101. The highest BCUT2D eigenvalue weighted by molar-refractivity contribution is 4.98. The van der Waals surface area contributed by atoms with Gasteiger partial charge in [0, 0.05) is 12.6 Å². The Morgan fingerprint density at radius 3 is 2.45 bits per heavy atom. The summed E-state index contributed by atoms with van der Waals surface area (Å²) in [5.41, 5.74) is 23.2. The molecule has 0 radical (unpaired) electrons. The van der Waals surface area contributed by atoms with E-state index in [0.29, 0.717) is 6.54 Å². The molecule has 1 heterocycles. The molecule has 0 spiro atoms. The van der Waals surface area contributed by atoms with Crippen LogP contribution in [0.3, 0.4) is 0 Å².